The van der Waals surface area contributed by atoms with E-state index in [-0.39, 0.29) is 17.1 Å². The zero-order valence-electron chi connectivity index (χ0n) is 19.7. The minimum atomic E-state index is -0.551. The van der Waals surface area contributed by atoms with Gasteiger partial charge in [-0.2, -0.15) is 5.10 Å². The molecule has 1 amide bonds. The Kier molecular flexibility index (Phi) is 7.45. The molecule has 2 N–H and O–H groups in total. The number of phenolic OH excluding ortho intramolecular Hbond substituents is 1. The van der Waals surface area contributed by atoms with Gasteiger partial charge < -0.3 is 19.3 Å². The first-order valence-corrected chi connectivity index (χ1v) is 11.2. The summed E-state index contributed by atoms with van der Waals surface area (Å²) in [6.07, 6.45) is 1.42. The van der Waals surface area contributed by atoms with E-state index in [0.717, 1.165) is 10.8 Å². The number of hydrazone groups is 1. The predicted octanol–water partition coefficient (Wildman–Crippen LogP) is 4.94. The summed E-state index contributed by atoms with van der Waals surface area (Å²) in [7, 11) is 1.55. The molecule has 4 aromatic carbocycles. The second kappa shape index (κ2) is 11.1. The van der Waals surface area contributed by atoms with Gasteiger partial charge in [0.2, 0.25) is 0 Å². The number of nitrogens with zero attached hydrogens (tertiary/aromatic N) is 1. The van der Waals surface area contributed by atoms with Crippen molar-refractivity contribution < 1.29 is 28.9 Å². The lowest BCUT2D eigenvalue weighted by molar-refractivity contribution is 0.0728. The van der Waals surface area contributed by atoms with Gasteiger partial charge in [-0.15, -0.1) is 0 Å². The molecule has 0 aliphatic heterocycles. The van der Waals surface area contributed by atoms with Crippen LogP contribution in [0.5, 0.6) is 23.0 Å². The summed E-state index contributed by atoms with van der Waals surface area (Å²) in [6, 6.07) is 22.0. The number of rotatable bonds is 8. The van der Waals surface area contributed by atoms with Crippen molar-refractivity contribution in [3.63, 3.8) is 0 Å². The Hall–Kier alpha value is -4.85. The van der Waals surface area contributed by atoms with E-state index in [4.69, 9.17) is 14.2 Å². The number of amides is 1. The fourth-order valence-electron chi connectivity index (χ4n) is 3.48. The van der Waals surface area contributed by atoms with Crippen LogP contribution in [0.1, 0.15) is 33.2 Å². The van der Waals surface area contributed by atoms with Crippen LogP contribution in [0.3, 0.4) is 0 Å². The van der Waals surface area contributed by atoms with Crippen LogP contribution < -0.4 is 19.6 Å². The SMILES string of the molecule is CCOc1cc(/C=N/NC(=O)c2cc3ccccc3cc2O)ccc1OC(=O)c1ccc(OC)cc1. The van der Waals surface area contributed by atoms with E-state index in [9.17, 15) is 14.7 Å². The van der Waals surface area contributed by atoms with Crippen LogP contribution in [0, 0.1) is 0 Å². The standard InChI is InChI=1S/C28H24N2O6/c1-3-35-26-14-18(8-13-25(26)36-28(33)19-9-11-22(34-2)12-10-19)17-29-30-27(32)23-15-20-6-4-5-7-21(20)16-24(23)31/h4-17,31H,3H2,1-2H3,(H,30,32)/b29-17+. The number of carbonyl (C=O) groups is 2. The molecule has 8 heteroatoms. The number of fused-ring (bicyclic) bond motifs is 1. The Morgan fingerprint density at radius 3 is 2.36 bits per heavy atom. The van der Waals surface area contributed by atoms with Crippen LogP contribution in [0.2, 0.25) is 0 Å². The number of hydrogen-bond acceptors (Lipinski definition) is 7. The van der Waals surface area contributed by atoms with Gasteiger partial charge in [-0.3, -0.25) is 4.79 Å². The van der Waals surface area contributed by atoms with Crippen LogP contribution in [0.25, 0.3) is 10.8 Å². The average Bonchev–Trinajstić information content (AvgIpc) is 2.89. The fourth-order valence-corrected chi connectivity index (χ4v) is 3.48. The van der Waals surface area contributed by atoms with E-state index in [0.29, 0.717) is 29.2 Å². The van der Waals surface area contributed by atoms with Crippen molar-refractivity contribution in [2.24, 2.45) is 5.10 Å². The summed E-state index contributed by atoms with van der Waals surface area (Å²) in [5.41, 5.74) is 3.50. The largest absolute Gasteiger partial charge is 0.507 e. The lowest BCUT2D eigenvalue weighted by Crippen LogP contribution is -2.17. The van der Waals surface area contributed by atoms with E-state index in [1.165, 1.54) is 12.3 Å². The molecule has 4 aromatic rings. The van der Waals surface area contributed by atoms with Gasteiger partial charge in [-0.05, 0) is 77.9 Å². The molecule has 0 heterocycles. The van der Waals surface area contributed by atoms with Crippen LogP contribution in [-0.4, -0.2) is 36.9 Å². The van der Waals surface area contributed by atoms with Crippen LogP contribution >= 0.6 is 0 Å². The van der Waals surface area contributed by atoms with Crippen molar-refractivity contribution in [3.05, 3.63) is 95.6 Å². The molecule has 0 atom stereocenters. The third kappa shape index (κ3) is 5.61. The second-order valence-electron chi connectivity index (χ2n) is 7.67. The maximum absolute atomic E-state index is 12.5. The number of benzene rings is 4. The summed E-state index contributed by atoms with van der Waals surface area (Å²) in [6.45, 7) is 2.16. The minimum Gasteiger partial charge on any atom is -0.507 e. The summed E-state index contributed by atoms with van der Waals surface area (Å²) in [4.78, 5) is 25.1. The number of nitrogens with one attached hydrogen (secondary N) is 1. The predicted molar refractivity (Wildman–Crippen MR) is 136 cm³/mol. The molecule has 0 aromatic heterocycles. The number of esters is 1. The van der Waals surface area contributed by atoms with Crippen molar-refractivity contribution in [2.45, 2.75) is 6.92 Å². The molecule has 0 radical (unpaired) electrons. The maximum Gasteiger partial charge on any atom is 0.343 e. The number of aromatic hydroxyl groups is 1. The third-order valence-electron chi connectivity index (χ3n) is 5.28. The first kappa shape index (κ1) is 24.3. The monoisotopic (exact) mass is 484 g/mol. The summed E-state index contributed by atoms with van der Waals surface area (Å²) < 4.78 is 16.2. The quantitative estimate of drug-likeness (QED) is 0.159. The van der Waals surface area contributed by atoms with Crippen LogP contribution in [0.15, 0.2) is 84.0 Å². The number of ether oxygens (including phenoxy) is 3. The number of phenols is 1. The smallest absolute Gasteiger partial charge is 0.343 e. The molecule has 8 nitrogen and oxygen atoms in total. The highest BCUT2D eigenvalue weighted by atomic mass is 16.6. The van der Waals surface area contributed by atoms with E-state index >= 15 is 0 Å². The zero-order chi connectivity index (χ0) is 25.5. The molecule has 0 spiro atoms. The molecule has 36 heavy (non-hydrogen) atoms. The van der Waals surface area contributed by atoms with Crippen molar-refractivity contribution in [1.82, 2.24) is 5.43 Å². The van der Waals surface area contributed by atoms with E-state index in [2.05, 4.69) is 10.5 Å². The molecule has 0 bridgehead atoms. The Balaban J connectivity index is 1.46. The fraction of sp³-hybridized carbons (Fsp3) is 0.107. The van der Waals surface area contributed by atoms with Crippen LogP contribution in [-0.2, 0) is 0 Å². The lowest BCUT2D eigenvalue weighted by atomic mass is 10.1. The van der Waals surface area contributed by atoms with Gasteiger partial charge >= 0.3 is 5.97 Å². The lowest BCUT2D eigenvalue weighted by Gasteiger charge is -2.11. The van der Waals surface area contributed by atoms with Gasteiger partial charge in [0.1, 0.15) is 11.5 Å². The van der Waals surface area contributed by atoms with Gasteiger partial charge in [-0.1, -0.05) is 24.3 Å². The molecule has 0 unspecified atom stereocenters. The highest BCUT2D eigenvalue weighted by molar-refractivity contribution is 6.01. The van der Waals surface area contributed by atoms with Crippen molar-refractivity contribution in [3.8, 4) is 23.0 Å². The van der Waals surface area contributed by atoms with Gasteiger partial charge in [0, 0.05) is 0 Å². The number of methoxy groups -OCH3 is 1. The molecule has 0 fully saturated rings. The zero-order valence-corrected chi connectivity index (χ0v) is 19.7. The van der Waals surface area contributed by atoms with Crippen molar-refractivity contribution in [1.29, 1.82) is 0 Å². The molecule has 0 saturated heterocycles. The summed E-state index contributed by atoms with van der Waals surface area (Å²) in [5, 5.41) is 15.9. The highest BCUT2D eigenvalue weighted by Gasteiger charge is 2.14. The number of carbonyl (C=O) groups excluding carboxylic acids is 2. The molecule has 0 aliphatic carbocycles. The Morgan fingerprint density at radius 1 is 0.944 bits per heavy atom. The van der Waals surface area contributed by atoms with E-state index in [1.54, 1.807) is 55.6 Å². The number of hydrogen-bond donors (Lipinski definition) is 2. The van der Waals surface area contributed by atoms with Gasteiger partial charge in [0.25, 0.3) is 5.91 Å². The Bertz CT molecular complexity index is 1430. The Labute approximate surface area is 207 Å². The topological polar surface area (TPSA) is 106 Å². The molecule has 0 saturated carbocycles. The maximum atomic E-state index is 12.5. The first-order valence-electron chi connectivity index (χ1n) is 11.2. The van der Waals surface area contributed by atoms with Crippen LogP contribution in [0.4, 0.5) is 0 Å². The normalized spacial score (nSPS) is 10.8. The van der Waals surface area contributed by atoms with Crippen molar-refractivity contribution in [2.75, 3.05) is 13.7 Å². The highest BCUT2D eigenvalue weighted by Crippen LogP contribution is 2.29. The molecule has 182 valence electrons. The second-order valence-corrected chi connectivity index (χ2v) is 7.67. The summed E-state index contributed by atoms with van der Waals surface area (Å²) in [5.74, 6) is 0.00461. The van der Waals surface area contributed by atoms with Gasteiger partial charge in [0.05, 0.1) is 31.1 Å². The van der Waals surface area contributed by atoms with Crippen molar-refractivity contribution >= 4 is 28.9 Å². The van der Waals surface area contributed by atoms with Gasteiger partial charge in [0.15, 0.2) is 11.5 Å². The molecule has 4 rings (SSSR count). The van der Waals surface area contributed by atoms with E-state index < -0.39 is 11.9 Å². The minimum absolute atomic E-state index is 0.113. The van der Waals surface area contributed by atoms with E-state index in [1.807, 2.05) is 31.2 Å². The molecule has 0 aliphatic rings. The van der Waals surface area contributed by atoms with Gasteiger partial charge in [-0.25, -0.2) is 10.2 Å². The average molecular weight is 485 g/mol. The molecular formula is C28H24N2O6. The molecular weight excluding hydrogens is 460 g/mol. The summed E-state index contributed by atoms with van der Waals surface area (Å²) >= 11 is 0. The first-order chi connectivity index (χ1) is 17.5. The third-order valence-corrected chi connectivity index (χ3v) is 5.28. The Morgan fingerprint density at radius 2 is 1.67 bits per heavy atom.